The van der Waals surface area contributed by atoms with Gasteiger partial charge in [-0.25, -0.2) is 9.78 Å². The summed E-state index contributed by atoms with van der Waals surface area (Å²) in [5.74, 6) is 0.268. The summed E-state index contributed by atoms with van der Waals surface area (Å²) in [5.41, 5.74) is 3.15. The van der Waals surface area contributed by atoms with Gasteiger partial charge in [0.05, 0.1) is 26.8 Å². The normalized spacial score (nSPS) is 11.4. The molecule has 2 heterocycles. The van der Waals surface area contributed by atoms with E-state index >= 15 is 0 Å². The quantitative estimate of drug-likeness (QED) is 0.384. The van der Waals surface area contributed by atoms with Gasteiger partial charge >= 0.3 is 5.97 Å². The number of hydrogen-bond acceptors (Lipinski definition) is 3. The fourth-order valence-electron chi connectivity index (χ4n) is 3.09. The predicted octanol–water partition coefficient (Wildman–Crippen LogP) is 6.98. The molecule has 4 aromatic rings. The molecule has 29 heavy (non-hydrogen) atoms. The van der Waals surface area contributed by atoms with Crippen molar-refractivity contribution in [2.45, 2.75) is 6.92 Å². The second kappa shape index (κ2) is 7.74. The topological polar surface area (TPSA) is 63.3 Å². The van der Waals surface area contributed by atoms with E-state index in [2.05, 4.69) is 4.98 Å². The van der Waals surface area contributed by atoms with Crippen LogP contribution in [0.5, 0.6) is 0 Å². The minimum atomic E-state index is -0.988. The van der Waals surface area contributed by atoms with E-state index in [1.165, 1.54) is 0 Å². The van der Waals surface area contributed by atoms with E-state index in [4.69, 9.17) is 27.6 Å². The lowest BCUT2D eigenvalue weighted by Crippen LogP contribution is -2.01. The molecule has 2 aromatic heterocycles. The zero-order chi connectivity index (χ0) is 20.5. The number of furan rings is 1. The number of aromatic nitrogens is 1. The van der Waals surface area contributed by atoms with Gasteiger partial charge in [0.1, 0.15) is 11.5 Å². The van der Waals surface area contributed by atoms with Crippen LogP contribution in [-0.4, -0.2) is 16.1 Å². The Morgan fingerprint density at radius 2 is 1.86 bits per heavy atom. The standard InChI is InChI=1S/C23H15Cl2NO3/c1-13-3-2-4-17-18(23(27)28)12-15(26-22(13)17)6-7-16-8-10-21(29-16)14-5-9-19(24)20(25)11-14/h2-12H,1H3,(H,27,28)/b7-6+. The first-order valence-corrected chi connectivity index (χ1v) is 9.55. The van der Waals surface area contributed by atoms with Crippen LogP contribution in [0.2, 0.25) is 10.0 Å². The summed E-state index contributed by atoms with van der Waals surface area (Å²) >= 11 is 12.0. The Labute approximate surface area is 177 Å². The molecule has 4 rings (SSSR count). The number of aryl methyl sites for hydroxylation is 1. The molecular weight excluding hydrogens is 409 g/mol. The van der Waals surface area contributed by atoms with E-state index in [1.807, 2.05) is 37.3 Å². The van der Waals surface area contributed by atoms with Crippen LogP contribution in [0, 0.1) is 6.92 Å². The predicted molar refractivity (Wildman–Crippen MR) is 117 cm³/mol. The number of carboxylic acids is 1. The van der Waals surface area contributed by atoms with Crippen LogP contribution in [0.3, 0.4) is 0 Å². The first-order chi connectivity index (χ1) is 13.9. The van der Waals surface area contributed by atoms with Gasteiger partial charge in [-0.1, -0.05) is 41.4 Å². The van der Waals surface area contributed by atoms with Crippen LogP contribution in [0.15, 0.2) is 59.0 Å². The van der Waals surface area contributed by atoms with Gasteiger partial charge in [-0.3, -0.25) is 0 Å². The van der Waals surface area contributed by atoms with Crippen LogP contribution in [0.4, 0.5) is 0 Å². The summed E-state index contributed by atoms with van der Waals surface area (Å²) in [6, 6.07) is 16.0. The number of nitrogens with zero attached hydrogens (tertiary/aromatic N) is 1. The Bertz CT molecular complexity index is 1270. The second-order valence-electron chi connectivity index (χ2n) is 6.54. The van der Waals surface area contributed by atoms with Gasteiger partial charge in [0.15, 0.2) is 0 Å². The Morgan fingerprint density at radius 3 is 2.62 bits per heavy atom. The Morgan fingerprint density at radius 1 is 1.03 bits per heavy atom. The molecule has 0 spiro atoms. The van der Waals surface area contributed by atoms with Crippen molar-refractivity contribution in [3.05, 3.63) is 87.2 Å². The molecule has 4 nitrogen and oxygen atoms in total. The highest BCUT2D eigenvalue weighted by atomic mass is 35.5. The number of fused-ring (bicyclic) bond motifs is 1. The van der Waals surface area contributed by atoms with E-state index in [1.54, 1.807) is 36.4 Å². The molecule has 0 amide bonds. The van der Waals surface area contributed by atoms with Gasteiger partial charge in [0.25, 0.3) is 0 Å². The summed E-state index contributed by atoms with van der Waals surface area (Å²) in [7, 11) is 0. The first-order valence-electron chi connectivity index (χ1n) is 8.79. The minimum absolute atomic E-state index is 0.217. The number of benzene rings is 2. The summed E-state index contributed by atoms with van der Waals surface area (Å²) in [4.78, 5) is 16.3. The third-order valence-corrected chi connectivity index (χ3v) is 5.28. The molecule has 0 atom stereocenters. The molecule has 6 heteroatoms. The molecule has 0 bridgehead atoms. The first kappa shape index (κ1) is 19.2. The van der Waals surface area contributed by atoms with E-state index in [9.17, 15) is 9.90 Å². The molecule has 0 fully saturated rings. The van der Waals surface area contributed by atoms with E-state index in [0.29, 0.717) is 38.2 Å². The van der Waals surface area contributed by atoms with Gasteiger partial charge < -0.3 is 9.52 Å². The number of rotatable bonds is 4. The van der Waals surface area contributed by atoms with Gasteiger partial charge in [-0.05, 0) is 61.0 Å². The average Bonchev–Trinajstić information content (AvgIpc) is 3.17. The Hall–Kier alpha value is -3.08. The van der Waals surface area contributed by atoms with E-state index in [-0.39, 0.29) is 5.56 Å². The monoisotopic (exact) mass is 423 g/mol. The smallest absolute Gasteiger partial charge is 0.336 e. The molecule has 0 aliphatic rings. The molecule has 0 saturated heterocycles. The highest BCUT2D eigenvalue weighted by Crippen LogP contribution is 2.30. The summed E-state index contributed by atoms with van der Waals surface area (Å²) in [6.45, 7) is 1.91. The maximum atomic E-state index is 11.7. The highest BCUT2D eigenvalue weighted by Gasteiger charge is 2.12. The fraction of sp³-hybridized carbons (Fsp3) is 0.0435. The SMILES string of the molecule is Cc1cccc2c(C(=O)O)cc(/C=C/c3ccc(-c4ccc(Cl)c(Cl)c4)o3)nc12. The Balaban J connectivity index is 1.68. The van der Waals surface area contributed by atoms with Crippen molar-refractivity contribution in [2.75, 3.05) is 0 Å². The number of hydrogen-bond donors (Lipinski definition) is 1. The van der Waals surface area contributed by atoms with E-state index in [0.717, 1.165) is 11.1 Å². The molecule has 0 aliphatic carbocycles. The lowest BCUT2D eigenvalue weighted by molar-refractivity contribution is 0.0699. The molecule has 0 unspecified atom stereocenters. The van der Waals surface area contributed by atoms with E-state index < -0.39 is 5.97 Å². The number of para-hydroxylation sites is 1. The van der Waals surface area contributed by atoms with Crippen LogP contribution in [0.1, 0.15) is 27.4 Å². The highest BCUT2D eigenvalue weighted by molar-refractivity contribution is 6.42. The maximum Gasteiger partial charge on any atom is 0.336 e. The molecular formula is C23H15Cl2NO3. The number of aromatic carboxylic acids is 1. The lowest BCUT2D eigenvalue weighted by Gasteiger charge is -2.06. The van der Waals surface area contributed by atoms with Crippen molar-refractivity contribution in [1.82, 2.24) is 4.98 Å². The molecule has 144 valence electrons. The third-order valence-electron chi connectivity index (χ3n) is 4.54. The van der Waals surface area contributed by atoms with Gasteiger partial charge in [-0.15, -0.1) is 0 Å². The van der Waals surface area contributed by atoms with Crippen molar-refractivity contribution in [2.24, 2.45) is 0 Å². The zero-order valence-corrected chi connectivity index (χ0v) is 16.8. The van der Waals surface area contributed by atoms with Crippen LogP contribution in [0.25, 0.3) is 34.4 Å². The van der Waals surface area contributed by atoms with Crippen molar-refractivity contribution in [3.8, 4) is 11.3 Å². The van der Waals surface area contributed by atoms with Gasteiger partial charge in [0, 0.05) is 10.9 Å². The summed E-state index contributed by atoms with van der Waals surface area (Å²) < 4.78 is 5.84. The van der Waals surface area contributed by atoms with Gasteiger partial charge in [0.2, 0.25) is 0 Å². The fourth-order valence-corrected chi connectivity index (χ4v) is 3.39. The zero-order valence-electron chi connectivity index (χ0n) is 15.3. The molecule has 1 N–H and O–H groups in total. The number of halogens is 2. The number of carboxylic acid groups (broad SMARTS) is 1. The lowest BCUT2D eigenvalue weighted by atomic mass is 10.0. The van der Waals surface area contributed by atoms with Crippen molar-refractivity contribution < 1.29 is 14.3 Å². The molecule has 0 aliphatic heterocycles. The van der Waals surface area contributed by atoms with Crippen molar-refractivity contribution >= 4 is 52.2 Å². The maximum absolute atomic E-state index is 11.7. The average molecular weight is 424 g/mol. The van der Waals surface area contributed by atoms with Crippen molar-refractivity contribution in [1.29, 1.82) is 0 Å². The molecule has 2 aromatic carbocycles. The Kier molecular flexibility index (Phi) is 5.14. The second-order valence-corrected chi connectivity index (χ2v) is 7.35. The summed E-state index contributed by atoms with van der Waals surface area (Å²) in [6.07, 6.45) is 3.48. The van der Waals surface area contributed by atoms with Gasteiger partial charge in [-0.2, -0.15) is 0 Å². The van der Waals surface area contributed by atoms with Crippen LogP contribution < -0.4 is 0 Å². The largest absolute Gasteiger partial charge is 0.478 e. The number of pyridine rings is 1. The number of carbonyl (C=O) groups is 1. The van der Waals surface area contributed by atoms with Crippen molar-refractivity contribution in [3.63, 3.8) is 0 Å². The minimum Gasteiger partial charge on any atom is -0.478 e. The summed E-state index contributed by atoms with van der Waals surface area (Å²) in [5, 5.41) is 11.1. The van der Waals surface area contributed by atoms with Crippen LogP contribution >= 0.6 is 23.2 Å². The molecule has 0 saturated carbocycles. The third kappa shape index (κ3) is 3.90. The van der Waals surface area contributed by atoms with Crippen LogP contribution in [-0.2, 0) is 0 Å². The molecule has 0 radical (unpaired) electrons.